The molecule has 0 aromatic heterocycles. The van der Waals surface area contributed by atoms with Crippen molar-refractivity contribution in [2.75, 3.05) is 31.5 Å². The summed E-state index contributed by atoms with van der Waals surface area (Å²) in [7, 11) is 0. The second-order valence-electron chi connectivity index (χ2n) is 6.44. The van der Waals surface area contributed by atoms with Gasteiger partial charge in [0.15, 0.2) is 0 Å². The van der Waals surface area contributed by atoms with E-state index in [0.29, 0.717) is 23.8 Å². The average Bonchev–Trinajstić information content (AvgIpc) is 3.12. The van der Waals surface area contributed by atoms with Gasteiger partial charge >= 0.3 is 6.03 Å². The Morgan fingerprint density at radius 2 is 1.72 bits per heavy atom. The fraction of sp³-hybridized carbons (Fsp3) is 0.579. The van der Waals surface area contributed by atoms with Crippen LogP contribution in [0.15, 0.2) is 24.3 Å². The number of likely N-dealkylation sites (N-methyl/N-ethyl adjacent to an activating group) is 1. The van der Waals surface area contributed by atoms with Crippen molar-refractivity contribution in [2.45, 2.75) is 45.6 Å². The minimum absolute atomic E-state index is 0.0397. The molecule has 138 valence electrons. The number of hydrogen-bond acceptors (Lipinski definition) is 3. The highest BCUT2D eigenvalue weighted by atomic mass is 16.2. The minimum Gasteiger partial charge on any atom is -0.349 e. The van der Waals surface area contributed by atoms with Crippen LogP contribution in [-0.4, -0.2) is 49.1 Å². The molecule has 2 rings (SSSR count). The Hall–Kier alpha value is -2.08. The van der Waals surface area contributed by atoms with Crippen molar-refractivity contribution < 1.29 is 9.59 Å². The van der Waals surface area contributed by atoms with Crippen molar-refractivity contribution in [1.82, 2.24) is 15.5 Å². The number of amides is 3. The number of nitrogens with zero attached hydrogens (tertiary/aromatic N) is 1. The number of hydrogen-bond donors (Lipinski definition) is 3. The van der Waals surface area contributed by atoms with Crippen LogP contribution in [0, 0.1) is 0 Å². The number of nitrogens with one attached hydrogen (secondary N) is 3. The van der Waals surface area contributed by atoms with E-state index in [4.69, 9.17) is 0 Å². The molecule has 3 amide bonds. The topological polar surface area (TPSA) is 73.5 Å². The first-order chi connectivity index (χ1) is 12.1. The summed E-state index contributed by atoms with van der Waals surface area (Å²) >= 11 is 0. The molecule has 6 nitrogen and oxygen atoms in total. The van der Waals surface area contributed by atoms with Gasteiger partial charge in [0, 0.05) is 30.4 Å². The average molecular weight is 346 g/mol. The minimum atomic E-state index is -0.227. The molecule has 0 radical (unpaired) electrons. The largest absolute Gasteiger partial charge is 0.349 e. The zero-order chi connectivity index (χ0) is 18.1. The Morgan fingerprint density at radius 1 is 1.08 bits per heavy atom. The van der Waals surface area contributed by atoms with E-state index in [1.165, 1.54) is 12.8 Å². The molecule has 25 heavy (non-hydrogen) atoms. The Labute approximate surface area is 150 Å². The van der Waals surface area contributed by atoms with Crippen LogP contribution in [0.25, 0.3) is 0 Å². The predicted octanol–water partition coefficient (Wildman–Crippen LogP) is 2.82. The Balaban J connectivity index is 1.75. The molecule has 6 heteroatoms. The molecule has 1 fully saturated rings. The molecular weight excluding hydrogens is 316 g/mol. The number of carbonyl (C=O) groups is 2. The number of rotatable bonds is 8. The van der Waals surface area contributed by atoms with E-state index in [-0.39, 0.29) is 11.9 Å². The van der Waals surface area contributed by atoms with Gasteiger partial charge in [-0.25, -0.2) is 4.79 Å². The van der Waals surface area contributed by atoms with Crippen molar-refractivity contribution in [1.29, 1.82) is 0 Å². The zero-order valence-corrected chi connectivity index (χ0v) is 15.3. The first kappa shape index (κ1) is 19.2. The van der Waals surface area contributed by atoms with Crippen LogP contribution in [0.4, 0.5) is 10.5 Å². The van der Waals surface area contributed by atoms with Gasteiger partial charge in [-0.15, -0.1) is 0 Å². The van der Waals surface area contributed by atoms with E-state index in [2.05, 4.69) is 34.7 Å². The second kappa shape index (κ2) is 10.0. The van der Waals surface area contributed by atoms with Gasteiger partial charge in [-0.2, -0.15) is 0 Å². The van der Waals surface area contributed by atoms with Crippen molar-refractivity contribution in [3.63, 3.8) is 0 Å². The maximum atomic E-state index is 12.2. The highest BCUT2D eigenvalue weighted by molar-refractivity contribution is 5.95. The molecule has 0 saturated heterocycles. The van der Waals surface area contributed by atoms with Crippen LogP contribution in [0.2, 0.25) is 0 Å². The lowest BCUT2D eigenvalue weighted by Gasteiger charge is -2.18. The van der Waals surface area contributed by atoms with Crippen LogP contribution in [0.1, 0.15) is 49.9 Å². The quantitative estimate of drug-likeness (QED) is 0.678. The molecular formula is C19H30N4O2. The summed E-state index contributed by atoms with van der Waals surface area (Å²) in [6, 6.07) is 7.09. The lowest BCUT2D eigenvalue weighted by molar-refractivity contribution is 0.0938. The SMILES string of the molecule is CCN(CC)CCNC(=O)Nc1ccc(C(=O)NC2CCCC2)cc1. The van der Waals surface area contributed by atoms with Gasteiger partial charge in [0.2, 0.25) is 0 Å². The van der Waals surface area contributed by atoms with Crippen molar-refractivity contribution in [3.8, 4) is 0 Å². The van der Waals surface area contributed by atoms with Gasteiger partial charge in [-0.1, -0.05) is 26.7 Å². The molecule has 3 N–H and O–H groups in total. The summed E-state index contributed by atoms with van der Waals surface area (Å²) in [6.45, 7) is 7.60. The maximum absolute atomic E-state index is 12.2. The fourth-order valence-electron chi connectivity index (χ4n) is 3.09. The highest BCUT2D eigenvalue weighted by Crippen LogP contribution is 2.18. The molecule has 0 bridgehead atoms. The van der Waals surface area contributed by atoms with Gasteiger partial charge in [0.1, 0.15) is 0 Å². The van der Waals surface area contributed by atoms with Crippen LogP contribution in [0.5, 0.6) is 0 Å². The van der Waals surface area contributed by atoms with E-state index >= 15 is 0 Å². The van der Waals surface area contributed by atoms with E-state index in [0.717, 1.165) is 32.5 Å². The maximum Gasteiger partial charge on any atom is 0.319 e. The smallest absolute Gasteiger partial charge is 0.319 e. The second-order valence-corrected chi connectivity index (χ2v) is 6.44. The van der Waals surface area contributed by atoms with E-state index in [9.17, 15) is 9.59 Å². The highest BCUT2D eigenvalue weighted by Gasteiger charge is 2.17. The number of benzene rings is 1. The molecule has 1 aliphatic rings. The van der Waals surface area contributed by atoms with E-state index in [1.807, 2.05) is 0 Å². The van der Waals surface area contributed by atoms with Gasteiger partial charge in [0.25, 0.3) is 5.91 Å². The fourth-order valence-corrected chi connectivity index (χ4v) is 3.09. The van der Waals surface area contributed by atoms with Crippen LogP contribution in [-0.2, 0) is 0 Å². The van der Waals surface area contributed by atoms with Gasteiger partial charge < -0.3 is 20.9 Å². The molecule has 1 aromatic rings. The summed E-state index contributed by atoms with van der Waals surface area (Å²) in [5.41, 5.74) is 1.30. The number of carbonyl (C=O) groups excluding carboxylic acids is 2. The monoisotopic (exact) mass is 346 g/mol. The van der Waals surface area contributed by atoms with Crippen molar-refractivity contribution in [2.24, 2.45) is 0 Å². The third-order valence-corrected chi connectivity index (χ3v) is 4.70. The normalized spacial score (nSPS) is 14.5. The summed E-state index contributed by atoms with van der Waals surface area (Å²) in [5.74, 6) is -0.0397. The third kappa shape index (κ3) is 6.38. The van der Waals surface area contributed by atoms with E-state index in [1.54, 1.807) is 24.3 Å². The predicted molar refractivity (Wildman–Crippen MR) is 101 cm³/mol. The number of urea groups is 1. The van der Waals surface area contributed by atoms with Crippen LogP contribution < -0.4 is 16.0 Å². The first-order valence-corrected chi connectivity index (χ1v) is 9.30. The molecule has 0 heterocycles. The standard InChI is InChI=1S/C19H30N4O2/c1-3-23(4-2)14-13-20-19(25)22-17-11-9-15(10-12-17)18(24)21-16-7-5-6-8-16/h9-12,16H,3-8,13-14H2,1-2H3,(H,21,24)(H2,20,22,25). The summed E-state index contributed by atoms with van der Waals surface area (Å²) in [6.07, 6.45) is 4.52. The molecule has 0 aliphatic heterocycles. The van der Waals surface area contributed by atoms with Gasteiger partial charge in [-0.05, 0) is 50.2 Å². The number of anilines is 1. The summed E-state index contributed by atoms with van der Waals surface area (Å²) in [4.78, 5) is 26.3. The van der Waals surface area contributed by atoms with Crippen LogP contribution in [0.3, 0.4) is 0 Å². The van der Waals surface area contributed by atoms with E-state index < -0.39 is 0 Å². The molecule has 0 spiro atoms. The van der Waals surface area contributed by atoms with Crippen molar-refractivity contribution >= 4 is 17.6 Å². The lowest BCUT2D eigenvalue weighted by Crippen LogP contribution is -2.36. The molecule has 0 unspecified atom stereocenters. The Bertz CT molecular complexity index is 549. The third-order valence-electron chi connectivity index (χ3n) is 4.70. The molecule has 1 aromatic carbocycles. The Morgan fingerprint density at radius 3 is 2.32 bits per heavy atom. The first-order valence-electron chi connectivity index (χ1n) is 9.30. The summed E-state index contributed by atoms with van der Waals surface area (Å²) < 4.78 is 0. The zero-order valence-electron chi connectivity index (χ0n) is 15.3. The van der Waals surface area contributed by atoms with Crippen LogP contribution >= 0.6 is 0 Å². The van der Waals surface area contributed by atoms with Crippen molar-refractivity contribution in [3.05, 3.63) is 29.8 Å². The van der Waals surface area contributed by atoms with Gasteiger partial charge in [0.05, 0.1) is 0 Å². The molecule has 1 aliphatic carbocycles. The lowest BCUT2D eigenvalue weighted by atomic mass is 10.1. The Kier molecular flexibility index (Phi) is 7.73. The van der Waals surface area contributed by atoms with Gasteiger partial charge in [-0.3, -0.25) is 4.79 Å². The summed E-state index contributed by atoms with van der Waals surface area (Å²) in [5, 5.41) is 8.70. The molecule has 1 saturated carbocycles. The molecule has 0 atom stereocenters.